The van der Waals surface area contributed by atoms with E-state index in [2.05, 4.69) is 47.3 Å². The van der Waals surface area contributed by atoms with Crippen LogP contribution in [0.2, 0.25) is 24.7 Å². The Morgan fingerprint density at radius 3 is 1.64 bits per heavy atom. The zero-order valence-electron chi connectivity index (χ0n) is 10.8. The van der Waals surface area contributed by atoms with Gasteiger partial charge in [0.2, 0.25) is 0 Å². The molecule has 0 saturated carbocycles. The highest BCUT2D eigenvalue weighted by atomic mass is 32.2. The SMILES string of the molecule is CC(=O)SC(C)(C)C(C)(C)[Si](C)(C)C. The number of rotatable bonds is 3. The first kappa shape index (κ1) is 14.2. The molecule has 0 rings (SSSR count). The molecule has 0 amide bonds. The van der Waals surface area contributed by atoms with Crippen LogP contribution in [0.15, 0.2) is 0 Å². The summed E-state index contributed by atoms with van der Waals surface area (Å²) < 4.78 is 0.0311. The van der Waals surface area contributed by atoms with Crippen molar-refractivity contribution in [1.29, 1.82) is 0 Å². The third-order valence-corrected chi connectivity index (χ3v) is 9.64. The quantitative estimate of drug-likeness (QED) is 0.680. The van der Waals surface area contributed by atoms with Gasteiger partial charge in [-0.1, -0.05) is 59.1 Å². The van der Waals surface area contributed by atoms with E-state index in [1.807, 2.05) is 0 Å². The fourth-order valence-corrected chi connectivity index (χ4v) is 5.24. The van der Waals surface area contributed by atoms with Crippen LogP contribution >= 0.6 is 11.8 Å². The maximum Gasteiger partial charge on any atom is 0.186 e. The van der Waals surface area contributed by atoms with Gasteiger partial charge in [0.1, 0.15) is 0 Å². The monoisotopic (exact) mass is 232 g/mol. The maximum absolute atomic E-state index is 11.2. The van der Waals surface area contributed by atoms with Gasteiger partial charge in [0.25, 0.3) is 0 Å². The molecule has 0 aromatic rings. The van der Waals surface area contributed by atoms with Crippen LogP contribution in [-0.2, 0) is 4.79 Å². The van der Waals surface area contributed by atoms with E-state index in [1.165, 1.54) is 11.8 Å². The maximum atomic E-state index is 11.2. The highest BCUT2D eigenvalue weighted by molar-refractivity contribution is 8.14. The van der Waals surface area contributed by atoms with Crippen molar-refractivity contribution in [2.45, 2.75) is 64.0 Å². The molecule has 0 aliphatic carbocycles. The first-order valence-corrected chi connectivity index (χ1v) is 9.43. The molecule has 0 atom stereocenters. The fourth-order valence-electron chi connectivity index (χ4n) is 1.39. The van der Waals surface area contributed by atoms with E-state index in [1.54, 1.807) is 6.92 Å². The Hall–Kier alpha value is 0.237. The van der Waals surface area contributed by atoms with Gasteiger partial charge in [-0.05, 0) is 5.04 Å². The van der Waals surface area contributed by atoms with Gasteiger partial charge in [-0.25, -0.2) is 0 Å². The Bertz CT molecular complexity index is 226. The smallest absolute Gasteiger partial charge is 0.186 e. The normalized spacial score (nSPS) is 14.3. The molecule has 0 N–H and O–H groups in total. The molecule has 0 aromatic carbocycles. The van der Waals surface area contributed by atoms with Crippen LogP contribution in [0, 0.1) is 0 Å². The summed E-state index contributed by atoms with van der Waals surface area (Å²) in [5.74, 6) is 0. The van der Waals surface area contributed by atoms with Gasteiger partial charge < -0.3 is 0 Å². The molecule has 0 radical (unpaired) electrons. The zero-order valence-corrected chi connectivity index (χ0v) is 12.6. The van der Waals surface area contributed by atoms with Gasteiger partial charge in [-0.2, -0.15) is 0 Å². The van der Waals surface area contributed by atoms with Gasteiger partial charge in [0.05, 0.1) is 8.07 Å². The largest absolute Gasteiger partial charge is 0.288 e. The summed E-state index contributed by atoms with van der Waals surface area (Å²) in [6.07, 6.45) is 0. The molecule has 0 heterocycles. The summed E-state index contributed by atoms with van der Waals surface area (Å²) in [7, 11) is -1.26. The fraction of sp³-hybridized carbons (Fsp3) is 0.909. The topological polar surface area (TPSA) is 17.1 Å². The lowest BCUT2D eigenvalue weighted by Gasteiger charge is -2.48. The van der Waals surface area contributed by atoms with Crippen molar-refractivity contribution in [3.63, 3.8) is 0 Å². The average molecular weight is 232 g/mol. The van der Waals surface area contributed by atoms with Crippen molar-refractivity contribution >= 4 is 25.0 Å². The molecular formula is C11H24OSSi. The lowest BCUT2D eigenvalue weighted by Crippen LogP contribution is -2.47. The summed E-state index contributed by atoms with van der Waals surface area (Å²) in [6, 6.07) is 0. The predicted molar refractivity (Wildman–Crippen MR) is 69.7 cm³/mol. The summed E-state index contributed by atoms with van der Waals surface area (Å²) in [6.45, 7) is 17.8. The van der Waals surface area contributed by atoms with Gasteiger partial charge >= 0.3 is 0 Å². The minimum atomic E-state index is -1.26. The number of thioether (sulfide) groups is 1. The lowest BCUT2D eigenvalue weighted by atomic mass is 9.98. The van der Waals surface area contributed by atoms with Gasteiger partial charge in [-0.15, -0.1) is 0 Å². The highest BCUT2D eigenvalue weighted by Crippen LogP contribution is 2.53. The van der Waals surface area contributed by atoms with Crippen molar-refractivity contribution < 1.29 is 4.79 Å². The van der Waals surface area contributed by atoms with Gasteiger partial charge in [0.15, 0.2) is 5.12 Å². The van der Waals surface area contributed by atoms with Crippen molar-refractivity contribution in [3.05, 3.63) is 0 Å². The molecule has 0 bridgehead atoms. The molecule has 84 valence electrons. The van der Waals surface area contributed by atoms with Crippen LogP contribution in [-0.4, -0.2) is 17.9 Å². The van der Waals surface area contributed by atoms with Crippen LogP contribution in [0.1, 0.15) is 34.6 Å². The van der Waals surface area contributed by atoms with Crippen LogP contribution in [0.3, 0.4) is 0 Å². The predicted octanol–water partition coefficient (Wildman–Crippen LogP) is 4.16. The molecule has 0 aliphatic heterocycles. The second-order valence-electron chi connectivity index (χ2n) is 5.98. The van der Waals surface area contributed by atoms with E-state index in [4.69, 9.17) is 0 Å². The highest BCUT2D eigenvalue weighted by Gasteiger charge is 2.47. The Morgan fingerprint density at radius 1 is 1.07 bits per heavy atom. The Balaban J connectivity index is 4.97. The zero-order chi connectivity index (χ0) is 11.8. The molecular weight excluding hydrogens is 208 g/mol. The minimum Gasteiger partial charge on any atom is -0.288 e. The van der Waals surface area contributed by atoms with Crippen molar-refractivity contribution in [2.24, 2.45) is 0 Å². The first-order valence-electron chi connectivity index (χ1n) is 5.11. The number of hydrogen-bond donors (Lipinski definition) is 0. The molecule has 0 aromatic heterocycles. The van der Waals surface area contributed by atoms with E-state index < -0.39 is 8.07 Å². The van der Waals surface area contributed by atoms with Crippen LogP contribution < -0.4 is 0 Å². The van der Waals surface area contributed by atoms with E-state index in [9.17, 15) is 4.79 Å². The average Bonchev–Trinajstić information content (AvgIpc) is 1.80. The Labute approximate surface area is 94.1 Å². The summed E-state index contributed by atoms with van der Waals surface area (Å²) in [4.78, 5) is 11.2. The van der Waals surface area contributed by atoms with Gasteiger partial charge in [0, 0.05) is 11.7 Å². The lowest BCUT2D eigenvalue weighted by molar-refractivity contribution is -0.109. The first-order chi connectivity index (χ1) is 5.92. The molecule has 0 saturated heterocycles. The molecule has 0 spiro atoms. The molecule has 0 fully saturated rings. The summed E-state index contributed by atoms with van der Waals surface area (Å²) in [5.41, 5.74) is 0. The molecule has 3 heteroatoms. The minimum absolute atomic E-state index is 0.0311. The standard InChI is InChI=1S/C11H24OSSi/c1-9(12)13-10(2,3)11(4,5)14(6,7)8/h1-8H3. The van der Waals surface area contributed by atoms with Crippen molar-refractivity contribution in [3.8, 4) is 0 Å². The number of carbonyl (C=O) groups is 1. The van der Waals surface area contributed by atoms with Crippen molar-refractivity contribution in [2.75, 3.05) is 0 Å². The number of carbonyl (C=O) groups excluding carboxylic acids is 1. The van der Waals surface area contributed by atoms with E-state index >= 15 is 0 Å². The van der Waals surface area contributed by atoms with Crippen LogP contribution in [0.5, 0.6) is 0 Å². The molecule has 0 aliphatic rings. The molecule has 0 unspecified atom stereocenters. The van der Waals surface area contributed by atoms with Crippen molar-refractivity contribution in [1.82, 2.24) is 0 Å². The summed E-state index contributed by atoms with van der Waals surface area (Å²) in [5, 5.41) is 0.470. The molecule has 14 heavy (non-hydrogen) atoms. The van der Waals surface area contributed by atoms with E-state index in [0.717, 1.165) is 0 Å². The second kappa shape index (κ2) is 4.01. The summed E-state index contributed by atoms with van der Waals surface area (Å²) >= 11 is 1.49. The number of hydrogen-bond acceptors (Lipinski definition) is 2. The Morgan fingerprint density at radius 2 is 1.43 bits per heavy atom. The Kier molecular flexibility index (Phi) is 4.08. The van der Waals surface area contributed by atoms with E-state index in [0.29, 0.717) is 0 Å². The third-order valence-electron chi connectivity index (χ3n) is 3.78. The van der Waals surface area contributed by atoms with Crippen LogP contribution in [0.4, 0.5) is 0 Å². The van der Waals surface area contributed by atoms with E-state index in [-0.39, 0.29) is 14.9 Å². The van der Waals surface area contributed by atoms with Gasteiger partial charge in [-0.3, -0.25) is 4.79 Å². The van der Waals surface area contributed by atoms with Crippen LogP contribution in [0.25, 0.3) is 0 Å². The third kappa shape index (κ3) is 2.86. The second-order valence-corrected chi connectivity index (χ2v) is 13.5. The molecule has 1 nitrogen and oxygen atoms in total.